The number of aliphatic hydroxyl groups is 1. The van der Waals surface area contributed by atoms with Gasteiger partial charge < -0.3 is 5.11 Å². The average molecular weight is 324 g/mol. The van der Waals surface area contributed by atoms with Gasteiger partial charge in [-0.1, -0.05) is 78.1 Å². The molecule has 0 saturated heterocycles. The van der Waals surface area contributed by atoms with E-state index in [-0.39, 0.29) is 6.61 Å². The summed E-state index contributed by atoms with van der Waals surface area (Å²) in [4.78, 5) is 0. The first-order valence-corrected chi connectivity index (χ1v) is 8.30. The van der Waals surface area contributed by atoms with Gasteiger partial charge in [-0.15, -0.1) is 0 Å². The van der Waals surface area contributed by atoms with Crippen LogP contribution in [0.4, 0.5) is 0 Å². The second kappa shape index (κ2) is 8.15. The molecule has 25 heavy (non-hydrogen) atoms. The Morgan fingerprint density at radius 1 is 0.880 bits per heavy atom. The monoisotopic (exact) mass is 324 g/mol. The fraction of sp³-hybridized carbons (Fsp3) is 0.0833. The predicted molar refractivity (Wildman–Crippen MR) is 105 cm³/mol. The molecule has 1 N–H and O–H groups in total. The van der Waals surface area contributed by atoms with Crippen LogP contribution >= 0.6 is 0 Å². The number of aliphatic hydroxyl groups excluding tert-OH is 1. The van der Waals surface area contributed by atoms with Crippen molar-refractivity contribution in [2.75, 3.05) is 0 Å². The lowest BCUT2D eigenvalue weighted by atomic mass is 9.98. The third kappa shape index (κ3) is 4.47. The molecule has 0 heterocycles. The molecule has 0 aliphatic carbocycles. The maximum Gasteiger partial charge on any atom is 0.0681 e. The van der Waals surface area contributed by atoms with Gasteiger partial charge in [0, 0.05) is 5.56 Å². The van der Waals surface area contributed by atoms with Crippen molar-refractivity contribution in [2.24, 2.45) is 0 Å². The third-order valence-electron chi connectivity index (χ3n) is 4.02. The minimum absolute atomic E-state index is 0.0589. The Morgan fingerprint density at radius 2 is 1.60 bits per heavy atom. The van der Waals surface area contributed by atoms with E-state index < -0.39 is 0 Å². The minimum atomic E-state index is 0.0589. The fourth-order valence-electron chi connectivity index (χ4n) is 2.59. The maximum atomic E-state index is 9.06. The van der Waals surface area contributed by atoms with E-state index in [0.29, 0.717) is 0 Å². The zero-order chi connectivity index (χ0) is 17.5. The van der Waals surface area contributed by atoms with Gasteiger partial charge in [-0.3, -0.25) is 0 Å². The molecule has 122 valence electrons. The normalized spacial score (nSPS) is 10.5. The molecular formula is C24H20O. The van der Waals surface area contributed by atoms with Gasteiger partial charge in [0.2, 0.25) is 0 Å². The number of aryl methyl sites for hydroxylation is 1. The molecule has 1 nitrogen and oxygen atoms in total. The lowest BCUT2D eigenvalue weighted by Gasteiger charge is -2.06. The van der Waals surface area contributed by atoms with Crippen LogP contribution in [0.15, 0.2) is 78.9 Å². The zero-order valence-corrected chi connectivity index (χ0v) is 14.2. The van der Waals surface area contributed by atoms with E-state index in [9.17, 15) is 0 Å². The van der Waals surface area contributed by atoms with Crippen LogP contribution in [0.2, 0.25) is 0 Å². The van der Waals surface area contributed by atoms with Gasteiger partial charge in [0.05, 0.1) is 6.61 Å². The Balaban J connectivity index is 1.80. The zero-order valence-electron chi connectivity index (χ0n) is 14.2. The van der Waals surface area contributed by atoms with E-state index in [0.717, 1.165) is 16.7 Å². The molecule has 0 atom stereocenters. The quantitative estimate of drug-likeness (QED) is 0.655. The van der Waals surface area contributed by atoms with E-state index in [4.69, 9.17) is 5.11 Å². The van der Waals surface area contributed by atoms with Crippen molar-refractivity contribution in [1.82, 2.24) is 0 Å². The van der Waals surface area contributed by atoms with E-state index >= 15 is 0 Å². The molecule has 0 aliphatic heterocycles. The van der Waals surface area contributed by atoms with Crippen molar-refractivity contribution < 1.29 is 5.11 Å². The molecule has 0 amide bonds. The maximum absolute atomic E-state index is 9.06. The summed E-state index contributed by atoms with van der Waals surface area (Å²) in [6.07, 6.45) is 3.93. The van der Waals surface area contributed by atoms with Gasteiger partial charge in [-0.2, -0.15) is 0 Å². The number of rotatable bonds is 3. The van der Waals surface area contributed by atoms with Crippen LogP contribution in [0.1, 0.15) is 22.3 Å². The van der Waals surface area contributed by atoms with Crippen LogP contribution in [0.5, 0.6) is 0 Å². The summed E-state index contributed by atoms with van der Waals surface area (Å²) in [6, 6.07) is 24.5. The van der Waals surface area contributed by atoms with Crippen molar-refractivity contribution in [1.29, 1.82) is 0 Å². The Labute approximate surface area is 149 Å². The van der Waals surface area contributed by atoms with Crippen LogP contribution in [0.25, 0.3) is 17.2 Å². The molecule has 0 radical (unpaired) electrons. The first-order valence-electron chi connectivity index (χ1n) is 8.30. The molecule has 3 aromatic carbocycles. The van der Waals surface area contributed by atoms with Crippen LogP contribution in [-0.4, -0.2) is 5.11 Å². The number of hydrogen-bond donors (Lipinski definition) is 1. The highest BCUT2D eigenvalue weighted by Gasteiger charge is 2.01. The molecule has 0 aliphatic rings. The summed E-state index contributed by atoms with van der Waals surface area (Å²) in [5.74, 6) is 6.20. The topological polar surface area (TPSA) is 20.2 Å². The fourth-order valence-corrected chi connectivity index (χ4v) is 2.59. The molecule has 1 heteroatoms. The Morgan fingerprint density at radius 3 is 2.32 bits per heavy atom. The Kier molecular flexibility index (Phi) is 5.46. The lowest BCUT2D eigenvalue weighted by Crippen LogP contribution is -1.83. The molecule has 0 aromatic heterocycles. The van der Waals surface area contributed by atoms with Crippen molar-refractivity contribution in [3.8, 4) is 23.0 Å². The molecule has 0 fully saturated rings. The van der Waals surface area contributed by atoms with Crippen molar-refractivity contribution in [3.63, 3.8) is 0 Å². The summed E-state index contributed by atoms with van der Waals surface area (Å²) >= 11 is 0. The van der Waals surface area contributed by atoms with Crippen molar-refractivity contribution >= 4 is 6.08 Å². The predicted octanol–water partition coefficient (Wildman–Crippen LogP) is 5.22. The number of benzene rings is 3. The SMILES string of the molecule is Cc1ccc(-c2ccccc2/C=C/C#Cc2ccc(CO)cc2)cc1. The Hall–Kier alpha value is -3.08. The molecule has 0 spiro atoms. The van der Waals surface area contributed by atoms with Gasteiger partial charge >= 0.3 is 0 Å². The highest BCUT2D eigenvalue weighted by molar-refractivity contribution is 5.75. The second-order valence-corrected chi connectivity index (χ2v) is 5.91. The van der Waals surface area contributed by atoms with Gasteiger partial charge in [0.15, 0.2) is 0 Å². The van der Waals surface area contributed by atoms with E-state index in [2.05, 4.69) is 61.2 Å². The van der Waals surface area contributed by atoms with Crippen LogP contribution in [-0.2, 0) is 6.61 Å². The summed E-state index contributed by atoms with van der Waals surface area (Å²) in [5.41, 5.74) is 6.65. The van der Waals surface area contributed by atoms with E-state index in [1.165, 1.54) is 16.7 Å². The molecule has 3 aromatic rings. The molecule has 0 saturated carbocycles. The second-order valence-electron chi connectivity index (χ2n) is 5.91. The van der Waals surface area contributed by atoms with Gasteiger partial charge in [-0.05, 0) is 53.5 Å². The number of allylic oxidation sites excluding steroid dienone is 1. The van der Waals surface area contributed by atoms with E-state index in [1.54, 1.807) is 0 Å². The third-order valence-corrected chi connectivity index (χ3v) is 4.02. The summed E-state index contributed by atoms with van der Waals surface area (Å²) < 4.78 is 0. The molecular weight excluding hydrogens is 304 g/mol. The average Bonchev–Trinajstić information content (AvgIpc) is 2.67. The number of hydrogen-bond acceptors (Lipinski definition) is 1. The summed E-state index contributed by atoms with van der Waals surface area (Å²) in [7, 11) is 0. The van der Waals surface area contributed by atoms with Gasteiger partial charge in [-0.25, -0.2) is 0 Å². The standard InChI is InChI=1S/C24H20O/c1-19-10-16-23(17-11-19)24-9-5-4-8-22(24)7-3-2-6-20-12-14-21(18-25)15-13-20/h3-5,7-17,25H,18H2,1H3/b7-3+. The largest absolute Gasteiger partial charge is 0.392 e. The van der Waals surface area contributed by atoms with Gasteiger partial charge in [0.1, 0.15) is 0 Å². The van der Waals surface area contributed by atoms with Crippen LogP contribution < -0.4 is 0 Å². The minimum Gasteiger partial charge on any atom is -0.392 e. The van der Waals surface area contributed by atoms with Gasteiger partial charge in [0.25, 0.3) is 0 Å². The summed E-state index contributed by atoms with van der Waals surface area (Å²) in [5, 5.41) is 9.06. The van der Waals surface area contributed by atoms with Crippen LogP contribution in [0.3, 0.4) is 0 Å². The van der Waals surface area contributed by atoms with Crippen molar-refractivity contribution in [3.05, 3.63) is 101 Å². The smallest absolute Gasteiger partial charge is 0.0681 e. The first-order chi connectivity index (χ1) is 12.3. The van der Waals surface area contributed by atoms with E-state index in [1.807, 2.05) is 42.5 Å². The molecule has 0 unspecified atom stereocenters. The highest BCUT2D eigenvalue weighted by atomic mass is 16.3. The van der Waals surface area contributed by atoms with Crippen molar-refractivity contribution in [2.45, 2.75) is 13.5 Å². The van der Waals surface area contributed by atoms with Crippen LogP contribution in [0, 0.1) is 18.8 Å². The Bertz CT molecular complexity index is 920. The molecule has 0 bridgehead atoms. The first kappa shape index (κ1) is 16.8. The highest BCUT2D eigenvalue weighted by Crippen LogP contribution is 2.24. The lowest BCUT2D eigenvalue weighted by molar-refractivity contribution is 0.282. The molecule has 3 rings (SSSR count). The summed E-state index contributed by atoms with van der Waals surface area (Å²) in [6.45, 7) is 2.15.